The van der Waals surface area contributed by atoms with Crippen LogP contribution in [-0.4, -0.2) is 29.8 Å². The number of rotatable bonds is 1. The van der Waals surface area contributed by atoms with Gasteiger partial charge in [-0.25, -0.2) is 4.39 Å². The van der Waals surface area contributed by atoms with E-state index in [0.717, 1.165) is 6.42 Å². The van der Waals surface area contributed by atoms with Gasteiger partial charge in [-0.3, -0.25) is 4.79 Å². The third-order valence-corrected chi connectivity index (χ3v) is 3.06. The number of aliphatic carboxylic acids is 1. The Labute approximate surface area is 70.0 Å². The Kier molecular flexibility index (Phi) is 1.79. The molecule has 2 aliphatic rings. The molecule has 2 fully saturated rings. The third-order valence-electron chi connectivity index (χ3n) is 3.06. The van der Waals surface area contributed by atoms with E-state index < -0.39 is 18.2 Å². The zero-order valence-electron chi connectivity index (χ0n) is 6.66. The van der Waals surface area contributed by atoms with E-state index >= 15 is 0 Å². The van der Waals surface area contributed by atoms with Crippen molar-refractivity contribution in [3.05, 3.63) is 0 Å². The van der Waals surface area contributed by atoms with Crippen LogP contribution < -0.4 is 5.32 Å². The lowest BCUT2D eigenvalue weighted by Gasteiger charge is -2.12. The second-order valence-electron chi connectivity index (χ2n) is 3.65. The van der Waals surface area contributed by atoms with Crippen molar-refractivity contribution in [2.45, 2.75) is 25.1 Å². The Morgan fingerprint density at radius 2 is 2.17 bits per heavy atom. The van der Waals surface area contributed by atoms with Gasteiger partial charge in [-0.1, -0.05) is 0 Å². The maximum Gasteiger partial charge on any atom is 0.320 e. The zero-order valence-corrected chi connectivity index (χ0v) is 6.66. The lowest BCUT2D eigenvalue weighted by atomic mass is 9.94. The van der Waals surface area contributed by atoms with Crippen LogP contribution >= 0.6 is 0 Å². The van der Waals surface area contributed by atoms with Crippen LogP contribution in [0.25, 0.3) is 0 Å². The van der Waals surface area contributed by atoms with E-state index in [1.165, 1.54) is 0 Å². The van der Waals surface area contributed by atoms with Gasteiger partial charge >= 0.3 is 5.97 Å². The van der Waals surface area contributed by atoms with E-state index in [4.69, 9.17) is 5.11 Å². The summed E-state index contributed by atoms with van der Waals surface area (Å²) in [6.07, 6.45) is 0.475. The van der Waals surface area contributed by atoms with Crippen molar-refractivity contribution in [1.29, 1.82) is 0 Å². The fraction of sp³-hybridized carbons (Fsp3) is 0.875. The standard InChI is InChI=1S/C8H12FNO2/c9-6-2-1-4-5(6)3-10-7(4)8(11)12/h4-7,10H,1-3H2,(H,11,12)/t4-,5+,6-,7-/m0/s1. The largest absolute Gasteiger partial charge is 0.480 e. The maximum absolute atomic E-state index is 13.1. The summed E-state index contributed by atoms with van der Waals surface area (Å²) in [5, 5.41) is 11.6. The summed E-state index contributed by atoms with van der Waals surface area (Å²) in [6, 6.07) is -0.504. The van der Waals surface area contributed by atoms with Crippen molar-refractivity contribution in [2.75, 3.05) is 6.54 Å². The van der Waals surface area contributed by atoms with E-state index in [-0.39, 0.29) is 11.8 Å². The highest BCUT2D eigenvalue weighted by atomic mass is 19.1. The molecule has 1 aliphatic heterocycles. The molecule has 1 saturated heterocycles. The van der Waals surface area contributed by atoms with Gasteiger partial charge in [0.15, 0.2) is 0 Å². The Hall–Kier alpha value is -0.640. The van der Waals surface area contributed by atoms with Crippen molar-refractivity contribution in [2.24, 2.45) is 11.8 Å². The molecule has 4 atom stereocenters. The van der Waals surface area contributed by atoms with Crippen LogP contribution in [0, 0.1) is 11.8 Å². The van der Waals surface area contributed by atoms with Crippen LogP contribution in [0.5, 0.6) is 0 Å². The highest BCUT2D eigenvalue weighted by Crippen LogP contribution is 2.39. The van der Waals surface area contributed by atoms with E-state index in [2.05, 4.69) is 5.32 Å². The fourth-order valence-corrected chi connectivity index (χ4v) is 2.43. The first-order valence-electron chi connectivity index (χ1n) is 4.30. The molecule has 3 nitrogen and oxygen atoms in total. The molecule has 0 spiro atoms. The zero-order chi connectivity index (χ0) is 8.72. The van der Waals surface area contributed by atoms with Crippen molar-refractivity contribution in [3.8, 4) is 0 Å². The maximum atomic E-state index is 13.1. The molecule has 2 N–H and O–H groups in total. The molecule has 1 heterocycles. The summed E-state index contributed by atoms with van der Waals surface area (Å²) < 4.78 is 13.1. The average Bonchev–Trinajstić information content (AvgIpc) is 2.53. The van der Waals surface area contributed by atoms with Crippen LogP contribution in [0.4, 0.5) is 4.39 Å². The van der Waals surface area contributed by atoms with Crippen molar-refractivity contribution >= 4 is 5.97 Å². The Balaban J connectivity index is 2.10. The first-order chi connectivity index (χ1) is 5.70. The Morgan fingerprint density at radius 3 is 2.83 bits per heavy atom. The van der Waals surface area contributed by atoms with Crippen LogP contribution in [0.2, 0.25) is 0 Å². The van der Waals surface area contributed by atoms with Crippen LogP contribution in [-0.2, 0) is 4.79 Å². The highest BCUT2D eigenvalue weighted by molar-refractivity contribution is 5.74. The summed E-state index contributed by atoms with van der Waals surface area (Å²) in [7, 11) is 0. The number of hydrogen-bond donors (Lipinski definition) is 2. The number of hydrogen-bond acceptors (Lipinski definition) is 2. The molecule has 0 unspecified atom stereocenters. The smallest absolute Gasteiger partial charge is 0.320 e. The second kappa shape index (κ2) is 2.69. The van der Waals surface area contributed by atoms with Crippen LogP contribution in [0.1, 0.15) is 12.8 Å². The summed E-state index contributed by atoms with van der Waals surface area (Å²) in [4.78, 5) is 10.7. The van der Waals surface area contributed by atoms with Gasteiger partial charge in [-0.2, -0.15) is 0 Å². The van der Waals surface area contributed by atoms with Crippen molar-refractivity contribution < 1.29 is 14.3 Å². The van der Waals surface area contributed by atoms with Crippen molar-refractivity contribution in [1.82, 2.24) is 5.32 Å². The van der Waals surface area contributed by atoms with Gasteiger partial charge in [0, 0.05) is 12.5 Å². The molecule has 0 aromatic rings. The monoisotopic (exact) mass is 173 g/mol. The minimum atomic E-state index is -0.836. The van der Waals surface area contributed by atoms with Crippen LogP contribution in [0.3, 0.4) is 0 Å². The van der Waals surface area contributed by atoms with Gasteiger partial charge in [-0.15, -0.1) is 0 Å². The number of carboxylic acids is 1. The molecule has 1 saturated carbocycles. The molecule has 0 aromatic heterocycles. The molecular formula is C8H12FNO2. The molecule has 12 heavy (non-hydrogen) atoms. The van der Waals surface area contributed by atoms with E-state index in [1.54, 1.807) is 0 Å². The lowest BCUT2D eigenvalue weighted by Crippen LogP contribution is -2.35. The Morgan fingerprint density at radius 1 is 1.42 bits per heavy atom. The highest BCUT2D eigenvalue weighted by Gasteiger charge is 2.47. The summed E-state index contributed by atoms with van der Waals surface area (Å²) in [5.41, 5.74) is 0. The Bertz CT molecular complexity index is 209. The first kappa shape index (κ1) is 7.98. The summed E-state index contributed by atoms with van der Waals surface area (Å²) in [6.45, 7) is 0.531. The minimum absolute atomic E-state index is 0.0255. The molecular weight excluding hydrogens is 161 g/mol. The first-order valence-corrected chi connectivity index (χ1v) is 4.30. The van der Waals surface area contributed by atoms with E-state index in [1.807, 2.05) is 0 Å². The predicted molar refractivity (Wildman–Crippen MR) is 40.5 cm³/mol. The number of halogens is 1. The van der Waals surface area contributed by atoms with E-state index in [9.17, 15) is 9.18 Å². The normalized spacial score (nSPS) is 46.1. The minimum Gasteiger partial charge on any atom is -0.480 e. The summed E-state index contributed by atoms with van der Waals surface area (Å²) >= 11 is 0. The second-order valence-corrected chi connectivity index (χ2v) is 3.65. The van der Waals surface area contributed by atoms with Gasteiger partial charge in [0.2, 0.25) is 0 Å². The van der Waals surface area contributed by atoms with Gasteiger partial charge in [0.25, 0.3) is 0 Å². The third kappa shape index (κ3) is 1.02. The fourth-order valence-electron chi connectivity index (χ4n) is 2.43. The number of alkyl halides is 1. The molecule has 1 aliphatic carbocycles. The topological polar surface area (TPSA) is 49.3 Å². The SMILES string of the molecule is O=C(O)[C@H]1NC[C@@H]2[C@@H]1CC[C@@H]2F. The van der Waals surface area contributed by atoms with Gasteiger partial charge in [-0.05, 0) is 18.8 Å². The van der Waals surface area contributed by atoms with Crippen molar-refractivity contribution in [3.63, 3.8) is 0 Å². The number of nitrogens with one attached hydrogen (secondary N) is 1. The number of carbonyl (C=O) groups is 1. The lowest BCUT2D eigenvalue weighted by molar-refractivity contribution is -0.140. The van der Waals surface area contributed by atoms with Gasteiger partial charge < -0.3 is 10.4 Å². The molecule has 2 rings (SSSR count). The number of carboxylic acid groups (broad SMARTS) is 1. The molecule has 0 amide bonds. The number of fused-ring (bicyclic) bond motifs is 1. The molecule has 68 valence electrons. The molecule has 0 radical (unpaired) electrons. The summed E-state index contributed by atoms with van der Waals surface area (Å²) in [5.74, 6) is -0.861. The van der Waals surface area contributed by atoms with Crippen LogP contribution in [0.15, 0.2) is 0 Å². The van der Waals surface area contributed by atoms with E-state index in [0.29, 0.717) is 13.0 Å². The average molecular weight is 173 g/mol. The van der Waals surface area contributed by atoms with Gasteiger partial charge in [0.05, 0.1) is 0 Å². The molecule has 0 aromatic carbocycles. The predicted octanol–water partition coefficient (Wildman–Crippen LogP) is 0.407. The van der Waals surface area contributed by atoms with Gasteiger partial charge in [0.1, 0.15) is 12.2 Å². The quantitative estimate of drug-likeness (QED) is 0.603. The molecule has 4 heteroatoms. The molecule has 0 bridgehead atoms.